The summed E-state index contributed by atoms with van der Waals surface area (Å²) in [5.74, 6) is -0.836. The first-order valence-electron chi connectivity index (χ1n) is 7.74. The maximum Gasteiger partial charge on any atom is 0.233 e. The molecule has 1 aliphatic heterocycles. The molecule has 0 aromatic carbocycles. The average Bonchev–Trinajstić information content (AvgIpc) is 3.09. The van der Waals surface area contributed by atoms with Crippen LogP contribution in [0.2, 0.25) is 0 Å². The van der Waals surface area contributed by atoms with Gasteiger partial charge >= 0.3 is 0 Å². The Labute approximate surface area is 146 Å². The fourth-order valence-corrected chi connectivity index (χ4v) is 2.68. The number of fused-ring (bicyclic) bond motifs is 1. The molecule has 0 bridgehead atoms. The lowest BCUT2D eigenvalue weighted by Gasteiger charge is -2.17. The van der Waals surface area contributed by atoms with Gasteiger partial charge in [0.2, 0.25) is 17.8 Å². The summed E-state index contributed by atoms with van der Waals surface area (Å²) in [6.07, 6.45) is -3.39. The number of hydrogen-bond donors (Lipinski definition) is 5. The van der Waals surface area contributed by atoms with Crippen LogP contribution in [-0.4, -0.2) is 71.6 Å². The minimum absolute atomic E-state index is 0.0664. The number of aromatic nitrogens is 4. The van der Waals surface area contributed by atoms with Crippen LogP contribution in [0.25, 0.3) is 11.2 Å². The number of anilines is 2. The zero-order valence-electron chi connectivity index (χ0n) is 13.9. The molecule has 3 heterocycles. The molecule has 4 atom stereocenters. The Hall–Kier alpha value is -2.67. The minimum Gasteiger partial charge on any atom is -0.394 e. The third-order valence-electron chi connectivity index (χ3n) is 3.80. The SMILES string of the molecule is CC(=O)Nc1nc(NC(C)=O)c2ncn([C@@H]3O[C@H](CO)[C@@H](O)[C@H]3O)c2n1. The standard InChI is InChI=1S/C14H18N6O6/c1-5(22)16-11-8-12(19-14(18-11)17-6(2)23)20(4-15-8)13-10(25)9(24)7(3-21)26-13/h4,7,9-10,13,21,24-25H,3H2,1-2H3,(H2,16,17,18,19,22,23)/t7-,9-,10-,13-/m1/s1. The zero-order valence-corrected chi connectivity index (χ0v) is 13.9. The van der Waals surface area contributed by atoms with Gasteiger partial charge in [0, 0.05) is 13.8 Å². The highest BCUT2D eigenvalue weighted by Crippen LogP contribution is 2.32. The van der Waals surface area contributed by atoms with Crippen LogP contribution in [0.1, 0.15) is 20.1 Å². The van der Waals surface area contributed by atoms with E-state index in [1.54, 1.807) is 0 Å². The molecule has 5 N–H and O–H groups in total. The molecule has 2 aromatic rings. The number of carbonyl (C=O) groups excluding carboxylic acids is 2. The zero-order chi connectivity index (χ0) is 19.0. The maximum absolute atomic E-state index is 11.4. The Balaban J connectivity index is 2.09. The molecule has 0 unspecified atom stereocenters. The molecule has 2 amide bonds. The van der Waals surface area contributed by atoms with Crippen LogP contribution in [0, 0.1) is 0 Å². The third-order valence-corrected chi connectivity index (χ3v) is 3.80. The van der Waals surface area contributed by atoms with Crippen molar-refractivity contribution in [1.29, 1.82) is 0 Å². The first-order chi connectivity index (χ1) is 12.3. The van der Waals surface area contributed by atoms with Gasteiger partial charge in [-0.25, -0.2) is 4.98 Å². The molecular formula is C14H18N6O6. The van der Waals surface area contributed by atoms with Crippen molar-refractivity contribution in [3.05, 3.63) is 6.33 Å². The van der Waals surface area contributed by atoms with E-state index in [1.165, 1.54) is 24.7 Å². The number of nitrogens with one attached hydrogen (secondary N) is 2. The van der Waals surface area contributed by atoms with Crippen LogP contribution >= 0.6 is 0 Å². The summed E-state index contributed by atoms with van der Waals surface area (Å²) in [5.41, 5.74) is 0.356. The molecule has 12 nitrogen and oxygen atoms in total. The van der Waals surface area contributed by atoms with E-state index < -0.39 is 43.0 Å². The van der Waals surface area contributed by atoms with Crippen LogP contribution in [0.5, 0.6) is 0 Å². The number of ether oxygens (including phenoxy) is 1. The average molecular weight is 366 g/mol. The van der Waals surface area contributed by atoms with Crippen molar-refractivity contribution in [3.63, 3.8) is 0 Å². The lowest BCUT2D eigenvalue weighted by atomic mass is 10.1. The molecule has 0 saturated carbocycles. The van der Waals surface area contributed by atoms with Crippen molar-refractivity contribution >= 4 is 34.7 Å². The molecule has 0 aliphatic carbocycles. The van der Waals surface area contributed by atoms with E-state index in [0.29, 0.717) is 0 Å². The van der Waals surface area contributed by atoms with Crippen LogP contribution in [0.3, 0.4) is 0 Å². The molecule has 26 heavy (non-hydrogen) atoms. The van der Waals surface area contributed by atoms with E-state index in [9.17, 15) is 24.9 Å². The van der Waals surface area contributed by atoms with E-state index in [1.807, 2.05) is 0 Å². The van der Waals surface area contributed by atoms with Crippen molar-refractivity contribution in [3.8, 4) is 0 Å². The molecule has 1 saturated heterocycles. The lowest BCUT2D eigenvalue weighted by Crippen LogP contribution is -2.33. The Kier molecular flexibility index (Phi) is 4.82. The van der Waals surface area contributed by atoms with E-state index in [-0.39, 0.29) is 22.9 Å². The fourth-order valence-electron chi connectivity index (χ4n) is 2.68. The fraction of sp³-hybridized carbons (Fsp3) is 0.500. The predicted molar refractivity (Wildman–Crippen MR) is 86.9 cm³/mol. The number of amides is 2. The maximum atomic E-state index is 11.4. The number of aliphatic hydroxyl groups excluding tert-OH is 3. The van der Waals surface area contributed by atoms with Crippen LogP contribution in [0.15, 0.2) is 6.33 Å². The van der Waals surface area contributed by atoms with Gasteiger partial charge in [0.05, 0.1) is 12.9 Å². The van der Waals surface area contributed by atoms with Crippen LogP contribution in [0.4, 0.5) is 11.8 Å². The summed E-state index contributed by atoms with van der Waals surface area (Å²) in [4.78, 5) is 35.1. The van der Waals surface area contributed by atoms with E-state index in [2.05, 4.69) is 25.6 Å². The van der Waals surface area contributed by atoms with Crippen molar-refractivity contribution in [2.24, 2.45) is 0 Å². The van der Waals surface area contributed by atoms with E-state index in [0.717, 1.165) is 0 Å². The van der Waals surface area contributed by atoms with Crippen molar-refractivity contribution in [1.82, 2.24) is 19.5 Å². The molecule has 1 fully saturated rings. The molecule has 2 aromatic heterocycles. The number of nitrogens with zero attached hydrogens (tertiary/aromatic N) is 4. The molecule has 12 heteroatoms. The smallest absolute Gasteiger partial charge is 0.233 e. The van der Waals surface area contributed by atoms with E-state index in [4.69, 9.17) is 4.74 Å². The number of aliphatic hydroxyl groups is 3. The van der Waals surface area contributed by atoms with Crippen LogP contribution in [-0.2, 0) is 14.3 Å². The second-order valence-corrected chi connectivity index (χ2v) is 5.81. The largest absolute Gasteiger partial charge is 0.394 e. The molecule has 0 spiro atoms. The summed E-state index contributed by atoms with van der Waals surface area (Å²) in [7, 11) is 0. The van der Waals surface area contributed by atoms with Crippen molar-refractivity contribution in [2.45, 2.75) is 38.4 Å². The van der Waals surface area contributed by atoms with Crippen molar-refractivity contribution in [2.75, 3.05) is 17.2 Å². The molecule has 1 aliphatic rings. The minimum atomic E-state index is -1.34. The van der Waals surface area contributed by atoms with Gasteiger partial charge in [0.1, 0.15) is 18.3 Å². The molecular weight excluding hydrogens is 348 g/mol. The first kappa shape index (κ1) is 18.1. The normalized spacial score (nSPS) is 25.4. The lowest BCUT2D eigenvalue weighted by molar-refractivity contribution is -0.115. The number of carbonyl (C=O) groups is 2. The van der Waals surface area contributed by atoms with Crippen molar-refractivity contribution < 1.29 is 29.6 Å². The number of imidazole rings is 1. The monoisotopic (exact) mass is 366 g/mol. The quantitative estimate of drug-likeness (QED) is 0.425. The van der Waals surface area contributed by atoms with Gasteiger partial charge in [-0.1, -0.05) is 0 Å². The topological polar surface area (TPSA) is 172 Å². The second kappa shape index (κ2) is 6.92. The number of hydrogen-bond acceptors (Lipinski definition) is 9. The predicted octanol–water partition coefficient (Wildman–Crippen LogP) is -1.65. The molecule has 3 rings (SSSR count). The van der Waals surface area contributed by atoms with Crippen LogP contribution < -0.4 is 10.6 Å². The van der Waals surface area contributed by atoms with Gasteiger partial charge in [0.25, 0.3) is 0 Å². The summed E-state index contributed by atoms with van der Waals surface area (Å²) >= 11 is 0. The number of rotatable bonds is 4. The molecule has 0 radical (unpaired) electrons. The summed E-state index contributed by atoms with van der Waals surface area (Å²) in [6.45, 7) is 2.08. The Bertz CT molecular complexity index is 854. The van der Waals surface area contributed by atoms with Gasteiger partial charge in [-0.05, 0) is 0 Å². The Morgan fingerprint density at radius 2 is 1.88 bits per heavy atom. The highest BCUT2D eigenvalue weighted by Gasteiger charge is 2.44. The Morgan fingerprint density at radius 3 is 2.46 bits per heavy atom. The van der Waals surface area contributed by atoms with Gasteiger partial charge in [-0.15, -0.1) is 0 Å². The summed E-state index contributed by atoms with van der Waals surface area (Å²) in [5, 5.41) is 34.3. The van der Waals surface area contributed by atoms with Gasteiger partial charge in [-0.2, -0.15) is 9.97 Å². The Morgan fingerprint density at radius 1 is 1.19 bits per heavy atom. The van der Waals surface area contributed by atoms with Gasteiger partial charge in [0.15, 0.2) is 23.2 Å². The molecule has 140 valence electrons. The van der Waals surface area contributed by atoms with E-state index >= 15 is 0 Å². The summed E-state index contributed by atoms with van der Waals surface area (Å²) < 4.78 is 6.80. The highest BCUT2D eigenvalue weighted by atomic mass is 16.6. The highest BCUT2D eigenvalue weighted by molar-refractivity contribution is 5.97. The third kappa shape index (κ3) is 3.22. The van der Waals surface area contributed by atoms with Gasteiger partial charge in [-0.3, -0.25) is 19.5 Å². The second-order valence-electron chi connectivity index (χ2n) is 5.81. The first-order valence-corrected chi connectivity index (χ1v) is 7.74. The van der Waals surface area contributed by atoms with Gasteiger partial charge < -0.3 is 25.4 Å². The summed E-state index contributed by atoms with van der Waals surface area (Å²) in [6, 6.07) is 0.